The molecule has 20 heavy (non-hydrogen) atoms. The van der Waals surface area contributed by atoms with Gasteiger partial charge in [-0.25, -0.2) is 0 Å². The Bertz CT molecular complexity index is 550. The molecule has 104 valence electrons. The van der Waals surface area contributed by atoms with E-state index >= 15 is 0 Å². The fourth-order valence-electron chi connectivity index (χ4n) is 2.21. The summed E-state index contributed by atoms with van der Waals surface area (Å²) in [7, 11) is 0. The molecule has 1 fully saturated rings. The minimum atomic E-state index is 0.0615. The molecule has 3 heterocycles. The summed E-state index contributed by atoms with van der Waals surface area (Å²) in [5.41, 5.74) is 3.09. The van der Waals surface area contributed by atoms with Crippen LogP contribution in [0.5, 0.6) is 0 Å². The van der Waals surface area contributed by atoms with E-state index in [4.69, 9.17) is 16.3 Å². The van der Waals surface area contributed by atoms with Crippen LogP contribution in [-0.2, 0) is 11.2 Å². The van der Waals surface area contributed by atoms with E-state index in [9.17, 15) is 0 Å². The number of nitrogens with one attached hydrogen (secondary N) is 1. The monoisotopic (exact) mass is 289 g/mol. The highest BCUT2D eigenvalue weighted by Gasteiger charge is 2.16. The molecule has 4 nitrogen and oxygen atoms in total. The molecule has 0 bridgehead atoms. The van der Waals surface area contributed by atoms with Gasteiger partial charge < -0.3 is 10.1 Å². The number of hydrogen-bond donors (Lipinski definition) is 1. The first-order chi connectivity index (χ1) is 9.81. The normalized spacial score (nSPS) is 18.9. The second-order valence-electron chi connectivity index (χ2n) is 4.80. The number of nitrogens with zero attached hydrogens (tertiary/aromatic N) is 2. The van der Waals surface area contributed by atoms with Gasteiger partial charge in [0.2, 0.25) is 0 Å². The molecule has 1 aliphatic rings. The van der Waals surface area contributed by atoms with Gasteiger partial charge in [0.15, 0.2) is 0 Å². The van der Waals surface area contributed by atoms with Crippen molar-refractivity contribution in [2.24, 2.45) is 0 Å². The number of aromatic nitrogens is 2. The van der Waals surface area contributed by atoms with E-state index in [1.807, 2.05) is 24.4 Å². The standard InChI is InChI=1S/C15H16ClN3O/c16-12-2-3-13(18-9-12)7-11-1-4-14(19-8-11)15-10-17-5-6-20-15/h1-4,8-9,15,17H,5-7,10H2/t15-/m0/s1. The van der Waals surface area contributed by atoms with E-state index in [-0.39, 0.29) is 6.10 Å². The highest BCUT2D eigenvalue weighted by molar-refractivity contribution is 6.30. The third-order valence-corrected chi connectivity index (χ3v) is 3.50. The average molecular weight is 290 g/mol. The molecule has 5 heteroatoms. The zero-order valence-corrected chi connectivity index (χ0v) is 11.8. The van der Waals surface area contributed by atoms with Crippen LogP contribution in [0.25, 0.3) is 0 Å². The van der Waals surface area contributed by atoms with Crippen LogP contribution in [0.1, 0.15) is 23.1 Å². The van der Waals surface area contributed by atoms with Crippen LogP contribution in [-0.4, -0.2) is 29.7 Å². The van der Waals surface area contributed by atoms with Crippen molar-refractivity contribution in [1.29, 1.82) is 0 Å². The second kappa shape index (κ2) is 6.31. The number of ether oxygens (including phenoxy) is 1. The first-order valence-electron chi connectivity index (χ1n) is 6.69. The van der Waals surface area contributed by atoms with Gasteiger partial charge in [-0.1, -0.05) is 17.7 Å². The van der Waals surface area contributed by atoms with E-state index < -0.39 is 0 Å². The SMILES string of the molecule is Clc1ccc(Cc2ccc([C@@H]3CNCCO3)nc2)nc1. The van der Waals surface area contributed by atoms with Gasteiger partial charge in [-0.3, -0.25) is 9.97 Å². The number of morpholine rings is 1. The minimum absolute atomic E-state index is 0.0615. The van der Waals surface area contributed by atoms with Crippen molar-refractivity contribution in [3.63, 3.8) is 0 Å². The Hall–Kier alpha value is -1.49. The molecule has 0 radical (unpaired) electrons. The van der Waals surface area contributed by atoms with Crippen molar-refractivity contribution in [2.45, 2.75) is 12.5 Å². The predicted molar refractivity (Wildman–Crippen MR) is 77.9 cm³/mol. The summed E-state index contributed by atoms with van der Waals surface area (Å²) in [4.78, 5) is 8.79. The third kappa shape index (κ3) is 3.33. The van der Waals surface area contributed by atoms with Gasteiger partial charge in [0.05, 0.1) is 17.3 Å². The quantitative estimate of drug-likeness (QED) is 0.942. The van der Waals surface area contributed by atoms with Crippen molar-refractivity contribution in [2.75, 3.05) is 19.7 Å². The van der Waals surface area contributed by atoms with E-state index in [1.54, 1.807) is 6.20 Å². The van der Waals surface area contributed by atoms with Crippen molar-refractivity contribution >= 4 is 11.6 Å². The van der Waals surface area contributed by atoms with Crippen molar-refractivity contribution in [3.05, 3.63) is 58.6 Å². The maximum Gasteiger partial charge on any atom is 0.112 e. The molecule has 0 aliphatic carbocycles. The fourth-order valence-corrected chi connectivity index (χ4v) is 2.32. The van der Waals surface area contributed by atoms with Crippen molar-refractivity contribution in [1.82, 2.24) is 15.3 Å². The van der Waals surface area contributed by atoms with Crippen LogP contribution < -0.4 is 5.32 Å². The van der Waals surface area contributed by atoms with Gasteiger partial charge >= 0.3 is 0 Å². The maximum absolute atomic E-state index is 5.83. The molecule has 2 aromatic heterocycles. The summed E-state index contributed by atoms with van der Waals surface area (Å²) in [6.45, 7) is 2.48. The lowest BCUT2D eigenvalue weighted by atomic mass is 10.1. The molecule has 0 spiro atoms. The molecule has 0 unspecified atom stereocenters. The third-order valence-electron chi connectivity index (χ3n) is 3.28. The number of halogens is 1. The molecule has 1 N–H and O–H groups in total. The zero-order valence-electron chi connectivity index (χ0n) is 11.1. The van der Waals surface area contributed by atoms with Gasteiger partial charge in [0.25, 0.3) is 0 Å². The Morgan fingerprint density at radius 2 is 2.15 bits per heavy atom. The number of rotatable bonds is 3. The molecule has 1 atom stereocenters. The lowest BCUT2D eigenvalue weighted by molar-refractivity contribution is 0.0250. The van der Waals surface area contributed by atoms with Crippen LogP contribution in [0.3, 0.4) is 0 Å². The average Bonchev–Trinajstić information content (AvgIpc) is 2.51. The molecule has 1 saturated heterocycles. The largest absolute Gasteiger partial charge is 0.369 e. The summed E-state index contributed by atoms with van der Waals surface area (Å²) in [6, 6.07) is 7.90. The fraction of sp³-hybridized carbons (Fsp3) is 0.333. The van der Waals surface area contributed by atoms with Crippen LogP contribution in [0.2, 0.25) is 5.02 Å². The first kappa shape index (κ1) is 13.5. The van der Waals surface area contributed by atoms with Crippen molar-refractivity contribution < 1.29 is 4.74 Å². The van der Waals surface area contributed by atoms with Crippen LogP contribution >= 0.6 is 11.6 Å². The smallest absolute Gasteiger partial charge is 0.112 e. The Morgan fingerprint density at radius 3 is 2.80 bits per heavy atom. The van der Waals surface area contributed by atoms with Crippen LogP contribution in [0.15, 0.2) is 36.7 Å². The van der Waals surface area contributed by atoms with Crippen LogP contribution in [0.4, 0.5) is 0 Å². The highest BCUT2D eigenvalue weighted by Crippen LogP contribution is 2.17. The first-order valence-corrected chi connectivity index (χ1v) is 7.06. The molecule has 2 aromatic rings. The number of pyridine rings is 2. The van der Waals surface area contributed by atoms with E-state index in [1.165, 1.54) is 0 Å². The number of hydrogen-bond acceptors (Lipinski definition) is 4. The molecule has 3 rings (SSSR count). The van der Waals surface area contributed by atoms with Gasteiger partial charge in [0.1, 0.15) is 6.10 Å². The predicted octanol–water partition coefficient (Wildman–Crippen LogP) is 2.38. The second-order valence-corrected chi connectivity index (χ2v) is 5.24. The van der Waals surface area contributed by atoms with E-state index in [0.717, 1.165) is 43.1 Å². The minimum Gasteiger partial charge on any atom is -0.369 e. The topological polar surface area (TPSA) is 47.0 Å². The summed E-state index contributed by atoms with van der Waals surface area (Å²) in [5.74, 6) is 0. The Labute approximate surface area is 123 Å². The highest BCUT2D eigenvalue weighted by atomic mass is 35.5. The summed E-state index contributed by atoms with van der Waals surface area (Å²) in [6.07, 6.45) is 4.38. The molecule has 0 aromatic carbocycles. The summed E-state index contributed by atoms with van der Waals surface area (Å²) in [5, 5.41) is 3.96. The Morgan fingerprint density at radius 1 is 1.20 bits per heavy atom. The van der Waals surface area contributed by atoms with Gasteiger partial charge in [-0.15, -0.1) is 0 Å². The molecular weight excluding hydrogens is 274 g/mol. The zero-order chi connectivity index (χ0) is 13.8. The Balaban J connectivity index is 1.67. The molecule has 1 aliphatic heterocycles. The van der Waals surface area contributed by atoms with Gasteiger partial charge in [0, 0.05) is 37.6 Å². The molecule has 0 saturated carbocycles. The van der Waals surface area contributed by atoms with Crippen LogP contribution in [0, 0.1) is 0 Å². The Kier molecular flexibility index (Phi) is 4.25. The van der Waals surface area contributed by atoms with E-state index in [0.29, 0.717) is 5.02 Å². The maximum atomic E-state index is 5.83. The lowest BCUT2D eigenvalue weighted by Crippen LogP contribution is -2.33. The molecular formula is C15H16ClN3O. The van der Waals surface area contributed by atoms with Crippen molar-refractivity contribution in [3.8, 4) is 0 Å². The van der Waals surface area contributed by atoms with Gasteiger partial charge in [-0.05, 0) is 23.8 Å². The molecule has 0 amide bonds. The lowest BCUT2D eigenvalue weighted by Gasteiger charge is -2.23. The van der Waals surface area contributed by atoms with Gasteiger partial charge in [-0.2, -0.15) is 0 Å². The van der Waals surface area contributed by atoms with E-state index in [2.05, 4.69) is 21.4 Å². The summed E-state index contributed by atoms with van der Waals surface area (Å²) < 4.78 is 5.68. The summed E-state index contributed by atoms with van der Waals surface area (Å²) >= 11 is 5.83.